The minimum Gasteiger partial charge on any atom is -0.478 e. The number of rotatable bonds is 14. The number of carboxylic acid groups (broad SMARTS) is 2. The largest absolute Gasteiger partial charge is 0.478 e. The maximum absolute atomic E-state index is 11.7. The third kappa shape index (κ3) is 7.04. The number of carboxylic acids is 2. The van der Waals surface area contributed by atoms with Crippen LogP contribution in [0.1, 0.15) is 31.8 Å². The molecule has 26 heavy (non-hydrogen) atoms. The Hall–Kier alpha value is -2.08. The first-order valence-electron chi connectivity index (χ1n) is 7.67. The normalized spacial score (nSPS) is 10.8. The van der Waals surface area contributed by atoms with Crippen LogP contribution in [0.15, 0.2) is 12.1 Å². The molecule has 1 aromatic rings. The zero-order chi connectivity index (χ0) is 19.4. The second-order valence-electron chi connectivity index (χ2n) is 4.93. The second kappa shape index (κ2) is 12.3. The zero-order valence-electron chi connectivity index (χ0n) is 14.0. The lowest BCUT2D eigenvalue weighted by Crippen LogP contribution is -2.16. The van der Waals surface area contributed by atoms with Gasteiger partial charge in [-0.3, -0.25) is 0 Å². The van der Waals surface area contributed by atoms with Crippen molar-refractivity contribution in [3.63, 3.8) is 0 Å². The highest BCUT2D eigenvalue weighted by molar-refractivity contribution is 5.97. The third-order valence-electron chi connectivity index (χ3n) is 3.15. The molecule has 0 radical (unpaired) electrons. The van der Waals surface area contributed by atoms with Crippen LogP contribution >= 0.6 is 0 Å². The van der Waals surface area contributed by atoms with Crippen LogP contribution in [0.4, 0.5) is 0 Å². The van der Waals surface area contributed by atoms with Crippen LogP contribution < -0.4 is 0 Å². The molecule has 0 spiro atoms. The highest BCUT2D eigenvalue weighted by atomic mass is 16.7. The van der Waals surface area contributed by atoms with Crippen molar-refractivity contribution in [1.29, 1.82) is 0 Å². The lowest BCUT2D eigenvalue weighted by Gasteiger charge is -2.15. The highest BCUT2D eigenvalue weighted by Gasteiger charge is 2.22. The molecule has 10 nitrogen and oxygen atoms in total. The Balaban J connectivity index is 2.95. The zero-order valence-corrected chi connectivity index (χ0v) is 14.0. The number of carbonyl (C=O) groups is 2. The third-order valence-corrected chi connectivity index (χ3v) is 3.15. The summed E-state index contributed by atoms with van der Waals surface area (Å²) in [6, 6.07) is 2.63. The fourth-order valence-electron chi connectivity index (χ4n) is 2.09. The molecule has 0 atom stereocenters. The summed E-state index contributed by atoms with van der Waals surface area (Å²) >= 11 is 0. The number of aromatic carboxylic acids is 2. The molecule has 0 fully saturated rings. The summed E-state index contributed by atoms with van der Waals surface area (Å²) in [5.41, 5.74) is -0.195. The molecule has 0 amide bonds. The van der Waals surface area contributed by atoms with Crippen molar-refractivity contribution in [3.05, 3.63) is 34.4 Å². The van der Waals surface area contributed by atoms with Crippen molar-refractivity contribution >= 4 is 11.9 Å². The lowest BCUT2D eigenvalue weighted by molar-refractivity contribution is -0.0710. The van der Waals surface area contributed by atoms with Crippen LogP contribution in [-0.2, 0) is 32.2 Å². The Labute approximate surface area is 149 Å². The molecule has 0 saturated carbocycles. The van der Waals surface area contributed by atoms with Gasteiger partial charge in [0.1, 0.15) is 13.6 Å². The van der Waals surface area contributed by atoms with Gasteiger partial charge in [-0.25, -0.2) is 9.59 Å². The highest BCUT2D eigenvalue weighted by Crippen LogP contribution is 2.22. The van der Waals surface area contributed by atoms with E-state index in [9.17, 15) is 19.8 Å². The lowest BCUT2D eigenvalue weighted by atomic mass is 9.96. The van der Waals surface area contributed by atoms with Crippen LogP contribution in [0.25, 0.3) is 0 Å². The number of aliphatic hydroxyl groups is 2. The van der Waals surface area contributed by atoms with Gasteiger partial charge in [-0.05, 0) is 11.6 Å². The van der Waals surface area contributed by atoms with E-state index in [-0.39, 0.29) is 75.5 Å². The molecule has 1 aromatic carbocycles. The van der Waals surface area contributed by atoms with Crippen molar-refractivity contribution in [2.24, 2.45) is 0 Å². The molecule has 0 aliphatic heterocycles. The summed E-state index contributed by atoms with van der Waals surface area (Å²) in [5, 5.41) is 36.0. The van der Waals surface area contributed by atoms with Crippen LogP contribution in [0.5, 0.6) is 0 Å². The molecule has 1 rings (SSSR count). The molecule has 0 heterocycles. The van der Waals surface area contributed by atoms with Gasteiger partial charge in [0.25, 0.3) is 0 Å². The summed E-state index contributed by atoms with van der Waals surface area (Å²) in [6.07, 6.45) is 0. The maximum Gasteiger partial charge on any atom is 0.336 e. The van der Waals surface area contributed by atoms with Gasteiger partial charge in [0.05, 0.1) is 50.8 Å². The minimum absolute atomic E-state index is 0.0185. The first kappa shape index (κ1) is 22.0. The van der Waals surface area contributed by atoms with Gasteiger partial charge in [-0.2, -0.15) is 0 Å². The van der Waals surface area contributed by atoms with Crippen LogP contribution in [0.3, 0.4) is 0 Å². The van der Waals surface area contributed by atoms with Crippen LogP contribution in [-0.4, -0.2) is 72.4 Å². The van der Waals surface area contributed by atoms with Gasteiger partial charge >= 0.3 is 11.9 Å². The van der Waals surface area contributed by atoms with Gasteiger partial charge in [-0.1, -0.05) is 6.07 Å². The average molecular weight is 374 g/mol. The molecule has 0 saturated heterocycles. The van der Waals surface area contributed by atoms with Gasteiger partial charge in [0.15, 0.2) is 0 Å². The Morgan fingerprint density at radius 3 is 1.88 bits per heavy atom. The van der Waals surface area contributed by atoms with Crippen molar-refractivity contribution in [2.45, 2.75) is 13.2 Å². The van der Waals surface area contributed by atoms with Crippen molar-refractivity contribution in [3.8, 4) is 0 Å². The molecule has 4 N–H and O–H groups in total. The summed E-state index contributed by atoms with van der Waals surface area (Å²) in [4.78, 5) is 23.0. The molecule has 0 bridgehead atoms. The predicted molar refractivity (Wildman–Crippen MR) is 85.7 cm³/mol. The van der Waals surface area contributed by atoms with E-state index in [1.165, 1.54) is 12.1 Å². The first-order valence-corrected chi connectivity index (χ1v) is 7.67. The van der Waals surface area contributed by atoms with Crippen molar-refractivity contribution in [2.75, 3.05) is 40.0 Å². The van der Waals surface area contributed by atoms with E-state index in [2.05, 4.69) is 0 Å². The van der Waals surface area contributed by atoms with Crippen molar-refractivity contribution < 1.29 is 49.0 Å². The SMILES string of the molecule is O=C(O)c1ccc(COCOCCO)c(C(=O)O)c1COCOCCO. The molecular formula is C16H22O10. The van der Waals surface area contributed by atoms with E-state index in [1.54, 1.807) is 0 Å². The summed E-state index contributed by atoms with van der Waals surface area (Å²) in [7, 11) is 0. The predicted octanol–water partition coefficient (Wildman–Crippen LogP) is 0.0490. The molecular weight excluding hydrogens is 352 g/mol. The Kier molecular flexibility index (Phi) is 10.4. The minimum atomic E-state index is -1.32. The quantitative estimate of drug-likeness (QED) is 0.259. The van der Waals surface area contributed by atoms with E-state index in [0.717, 1.165) is 0 Å². The molecule has 146 valence electrons. The molecule has 0 unspecified atom stereocenters. The molecule has 0 aliphatic rings. The van der Waals surface area contributed by atoms with E-state index in [0.29, 0.717) is 0 Å². The fourth-order valence-corrected chi connectivity index (χ4v) is 2.09. The van der Waals surface area contributed by atoms with E-state index in [1.807, 2.05) is 0 Å². The standard InChI is InChI=1S/C16H22O10/c17-3-5-23-9-25-7-11-1-2-12(15(19)20)13(14(11)16(21)22)8-26-10-24-6-4-18/h1-2,17-18H,3-10H2,(H,19,20)(H,21,22). The Bertz CT molecular complexity index is 587. The number of benzene rings is 1. The van der Waals surface area contributed by atoms with Gasteiger partial charge in [0.2, 0.25) is 0 Å². The van der Waals surface area contributed by atoms with Crippen LogP contribution in [0.2, 0.25) is 0 Å². The Morgan fingerprint density at radius 1 is 0.808 bits per heavy atom. The molecule has 0 aromatic heterocycles. The number of hydrogen-bond donors (Lipinski definition) is 4. The first-order chi connectivity index (χ1) is 12.5. The average Bonchev–Trinajstić information content (AvgIpc) is 2.60. The van der Waals surface area contributed by atoms with Gasteiger partial charge in [0, 0.05) is 5.56 Å². The van der Waals surface area contributed by atoms with Crippen molar-refractivity contribution in [1.82, 2.24) is 0 Å². The van der Waals surface area contributed by atoms with E-state index >= 15 is 0 Å². The summed E-state index contributed by atoms with van der Waals surface area (Å²) in [5.74, 6) is -2.61. The number of hydrogen-bond acceptors (Lipinski definition) is 8. The maximum atomic E-state index is 11.7. The molecule has 0 aliphatic carbocycles. The second-order valence-corrected chi connectivity index (χ2v) is 4.93. The number of aliphatic hydroxyl groups excluding tert-OH is 2. The summed E-state index contributed by atoms with van der Waals surface area (Å²) in [6.45, 7) is -1.05. The number of ether oxygens (including phenoxy) is 4. The van der Waals surface area contributed by atoms with Gasteiger partial charge in [-0.15, -0.1) is 0 Å². The van der Waals surface area contributed by atoms with E-state index in [4.69, 9.17) is 29.2 Å². The van der Waals surface area contributed by atoms with Gasteiger partial charge < -0.3 is 39.4 Å². The van der Waals surface area contributed by atoms with Crippen LogP contribution in [0, 0.1) is 0 Å². The fraction of sp³-hybridized carbons (Fsp3) is 0.500. The Morgan fingerprint density at radius 2 is 1.38 bits per heavy atom. The molecule has 10 heteroatoms. The monoisotopic (exact) mass is 374 g/mol. The smallest absolute Gasteiger partial charge is 0.336 e. The van der Waals surface area contributed by atoms with E-state index < -0.39 is 11.9 Å². The summed E-state index contributed by atoms with van der Waals surface area (Å²) < 4.78 is 20.2. The topological polar surface area (TPSA) is 152 Å².